The molecule has 3 aromatic carbocycles. The van der Waals surface area contributed by atoms with Gasteiger partial charge >= 0.3 is 0 Å². The van der Waals surface area contributed by atoms with Gasteiger partial charge in [0.1, 0.15) is 5.82 Å². The summed E-state index contributed by atoms with van der Waals surface area (Å²) in [5, 5.41) is 3.49. The second kappa shape index (κ2) is 9.23. The first-order valence-electron chi connectivity index (χ1n) is 10.6. The van der Waals surface area contributed by atoms with E-state index >= 15 is 0 Å². The van der Waals surface area contributed by atoms with Crippen LogP contribution >= 0.6 is 0 Å². The Morgan fingerprint density at radius 1 is 0.862 bits per heavy atom. The van der Waals surface area contributed by atoms with Gasteiger partial charge in [0.25, 0.3) is 0 Å². The monoisotopic (exact) mass is 388 g/mol. The average molecular weight is 389 g/mol. The number of nitrogens with one attached hydrogen (secondary N) is 1. The van der Waals surface area contributed by atoms with Crippen molar-refractivity contribution in [2.45, 2.75) is 32.9 Å². The smallest absolute Gasteiger partial charge is 0.123 e. The van der Waals surface area contributed by atoms with Crippen LogP contribution in [-0.2, 0) is 13.1 Å². The van der Waals surface area contributed by atoms with E-state index in [9.17, 15) is 4.39 Å². The Morgan fingerprint density at radius 2 is 1.55 bits per heavy atom. The predicted octanol–water partition coefficient (Wildman–Crippen LogP) is 6.34. The van der Waals surface area contributed by atoms with Gasteiger partial charge in [0.15, 0.2) is 0 Å². The Morgan fingerprint density at radius 3 is 2.24 bits per heavy atom. The van der Waals surface area contributed by atoms with E-state index in [4.69, 9.17) is 0 Å². The summed E-state index contributed by atoms with van der Waals surface area (Å²) in [4.78, 5) is 2.56. The number of hydrogen-bond acceptors (Lipinski definition) is 2. The highest BCUT2D eigenvalue weighted by atomic mass is 19.1. The van der Waals surface area contributed by atoms with Gasteiger partial charge < -0.3 is 5.32 Å². The van der Waals surface area contributed by atoms with Crippen LogP contribution in [0.2, 0.25) is 0 Å². The van der Waals surface area contributed by atoms with E-state index in [1.54, 1.807) is 12.1 Å². The van der Waals surface area contributed by atoms with Crippen LogP contribution in [0.25, 0.3) is 11.1 Å². The molecule has 0 aromatic heterocycles. The van der Waals surface area contributed by atoms with E-state index < -0.39 is 0 Å². The zero-order valence-corrected chi connectivity index (χ0v) is 17.1. The summed E-state index contributed by atoms with van der Waals surface area (Å²) < 4.78 is 13.4. The molecule has 0 unspecified atom stereocenters. The standard InChI is InChI=1S/C26H29FN2/c1-20-13-15-29(16-14-20)19-22-7-11-26(12-8-22)28-18-21-5-9-23(10-6-21)24-3-2-4-25(27)17-24/h2-12,17,20,28H,13-16,18-19H2,1H3. The molecule has 1 fully saturated rings. The highest BCUT2D eigenvalue weighted by Gasteiger charge is 2.15. The van der Waals surface area contributed by atoms with Crippen molar-refractivity contribution in [3.8, 4) is 11.1 Å². The van der Waals surface area contributed by atoms with Crippen LogP contribution in [0.1, 0.15) is 30.9 Å². The second-order valence-electron chi connectivity index (χ2n) is 8.22. The largest absolute Gasteiger partial charge is 0.381 e. The molecule has 2 nitrogen and oxygen atoms in total. The van der Waals surface area contributed by atoms with Crippen LogP contribution < -0.4 is 5.32 Å². The van der Waals surface area contributed by atoms with Gasteiger partial charge in [-0.15, -0.1) is 0 Å². The highest BCUT2D eigenvalue weighted by molar-refractivity contribution is 5.63. The van der Waals surface area contributed by atoms with Gasteiger partial charge in [0.05, 0.1) is 0 Å². The van der Waals surface area contributed by atoms with Crippen LogP contribution in [0, 0.1) is 11.7 Å². The van der Waals surface area contributed by atoms with Gasteiger partial charge in [0, 0.05) is 18.8 Å². The number of piperidine rings is 1. The summed E-state index contributed by atoms with van der Waals surface area (Å²) in [7, 11) is 0. The number of hydrogen-bond donors (Lipinski definition) is 1. The Kier molecular flexibility index (Phi) is 6.26. The normalized spacial score (nSPS) is 15.4. The fourth-order valence-corrected chi connectivity index (χ4v) is 3.89. The molecule has 0 radical (unpaired) electrons. The first-order valence-corrected chi connectivity index (χ1v) is 10.6. The Bertz CT molecular complexity index is 910. The van der Waals surface area contributed by atoms with Crippen LogP contribution in [0.15, 0.2) is 72.8 Å². The lowest BCUT2D eigenvalue weighted by atomic mass is 9.99. The third kappa shape index (κ3) is 5.45. The molecule has 3 heteroatoms. The van der Waals surface area contributed by atoms with Gasteiger partial charge in [-0.25, -0.2) is 4.39 Å². The van der Waals surface area contributed by atoms with Crippen molar-refractivity contribution < 1.29 is 4.39 Å². The third-order valence-electron chi connectivity index (χ3n) is 5.84. The van der Waals surface area contributed by atoms with Crippen molar-refractivity contribution in [1.82, 2.24) is 4.90 Å². The molecule has 1 aliphatic heterocycles. The van der Waals surface area contributed by atoms with Crippen molar-refractivity contribution in [2.75, 3.05) is 18.4 Å². The summed E-state index contributed by atoms with van der Waals surface area (Å²) >= 11 is 0. The van der Waals surface area contributed by atoms with E-state index in [1.807, 2.05) is 18.2 Å². The van der Waals surface area contributed by atoms with Gasteiger partial charge in [-0.3, -0.25) is 4.90 Å². The molecule has 0 atom stereocenters. The van der Waals surface area contributed by atoms with Gasteiger partial charge in [-0.05, 0) is 78.4 Å². The molecule has 4 rings (SSSR count). The van der Waals surface area contributed by atoms with E-state index in [1.165, 1.54) is 43.1 Å². The second-order valence-corrected chi connectivity index (χ2v) is 8.22. The molecule has 150 valence electrons. The van der Waals surface area contributed by atoms with Crippen LogP contribution in [0.5, 0.6) is 0 Å². The lowest BCUT2D eigenvalue weighted by molar-refractivity contribution is 0.185. The molecule has 1 saturated heterocycles. The van der Waals surface area contributed by atoms with Crippen molar-refractivity contribution in [3.05, 3.63) is 89.7 Å². The molecule has 1 heterocycles. The molecule has 0 aliphatic carbocycles. The number of nitrogens with zero attached hydrogens (tertiary/aromatic N) is 1. The summed E-state index contributed by atoms with van der Waals surface area (Å²) in [5.74, 6) is 0.673. The minimum absolute atomic E-state index is 0.202. The molecule has 0 bridgehead atoms. The molecule has 1 aliphatic rings. The first kappa shape index (κ1) is 19.7. The molecule has 3 aromatic rings. The van der Waals surface area contributed by atoms with Crippen molar-refractivity contribution in [1.29, 1.82) is 0 Å². The summed E-state index contributed by atoms with van der Waals surface area (Å²) in [6.07, 6.45) is 2.63. The molecular formula is C26H29FN2. The summed E-state index contributed by atoms with van der Waals surface area (Å²) in [6, 6.07) is 23.8. The highest BCUT2D eigenvalue weighted by Crippen LogP contribution is 2.22. The van der Waals surface area contributed by atoms with E-state index in [-0.39, 0.29) is 5.82 Å². The fourth-order valence-electron chi connectivity index (χ4n) is 3.89. The van der Waals surface area contributed by atoms with E-state index in [0.717, 1.165) is 35.8 Å². The fraction of sp³-hybridized carbons (Fsp3) is 0.308. The molecule has 29 heavy (non-hydrogen) atoms. The maximum Gasteiger partial charge on any atom is 0.123 e. The van der Waals surface area contributed by atoms with E-state index in [0.29, 0.717) is 0 Å². The van der Waals surface area contributed by atoms with Crippen molar-refractivity contribution in [2.24, 2.45) is 5.92 Å². The lowest BCUT2D eigenvalue weighted by Gasteiger charge is -2.30. The zero-order chi connectivity index (χ0) is 20.1. The minimum Gasteiger partial charge on any atom is -0.381 e. The lowest BCUT2D eigenvalue weighted by Crippen LogP contribution is -2.32. The molecule has 0 spiro atoms. The van der Waals surface area contributed by atoms with Crippen LogP contribution in [0.4, 0.5) is 10.1 Å². The Balaban J connectivity index is 1.30. The molecule has 1 N–H and O–H groups in total. The van der Waals surface area contributed by atoms with Crippen LogP contribution in [-0.4, -0.2) is 18.0 Å². The number of likely N-dealkylation sites (tertiary alicyclic amines) is 1. The maximum atomic E-state index is 13.4. The summed E-state index contributed by atoms with van der Waals surface area (Å²) in [6.45, 7) is 6.60. The van der Waals surface area contributed by atoms with Gasteiger partial charge in [-0.2, -0.15) is 0 Å². The quantitative estimate of drug-likeness (QED) is 0.530. The molecule has 0 amide bonds. The van der Waals surface area contributed by atoms with Crippen molar-refractivity contribution >= 4 is 5.69 Å². The summed E-state index contributed by atoms with van der Waals surface area (Å²) in [5.41, 5.74) is 5.66. The number of halogens is 1. The topological polar surface area (TPSA) is 15.3 Å². The average Bonchev–Trinajstić information content (AvgIpc) is 2.75. The molecule has 0 saturated carbocycles. The maximum absolute atomic E-state index is 13.4. The number of rotatable bonds is 6. The SMILES string of the molecule is CC1CCN(Cc2ccc(NCc3ccc(-c4cccc(F)c4)cc3)cc2)CC1. The first-order chi connectivity index (χ1) is 14.2. The molecular weight excluding hydrogens is 359 g/mol. The Labute approximate surface area is 173 Å². The third-order valence-corrected chi connectivity index (χ3v) is 5.84. The predicted molar refractivity (Wildman–Crippen MR) is 119 cm³/mol. The zero-order valence-electron chi connectivity index (χ0n) is 17.1. The van der Waals surface area contributed by atoms with Gasteiger partial charge in [0.2, 0.25) is 0 Å². The van der Waals surface area contributed by atoms with Gasteiger partial charge in [-0.1, -0.05) is 55.5 Å². The van der Waals surface area contributed by atoms with Crippen molar-refractivity contribution in [3.63, 3.8) is 0 Å². The van der Waals surface area contributed by atoms with E-state index in [2.05, 4.69) is 53.5 Å². The number of benzene rings is 3. The van der Waals surface area contributed by atoms with Crippen LogP contribution in [0.3, 0.4) is 0 Å². The minimum atomic E-state index is -0.202. The number of anilines is 1. The Hall–Kier alpha value is -2.65.